The van der Waals surface area contributed by atoms with Crippen LogP contribution in [0.4, 0.5) is 0 Å². The van der Waals surface area contributed by atoms with Crippen molar-refractivity contribution in [2.24, 2.45) is 0 Å². The molecule has 0 fully saturated rings. The third kappa shape index (κ3) is 58.1. The minimum atomic E-state index is -4.61. The van der Waals surface area contributed by atoms with Crippen LogP contribution in [0.5, 0.6) is 0 Å². The molecule has 0 rings (SSSR count). The van der Waals surface area contributed by atoms with E-state index in [1.807, 2.05) is 27.2 Å². The monoisotopic (exact) mass is 1060 g/mol. The van der Waals surface area contributed by atoms with E-state index in [2.05, 4.69) is 55.6 Å². The first-order valence-electron chi connectivity index (χ1n) is 32.0. The first kappa shape index (κ1) is 72.5. The normalized spacial score (nSPS) is 14.1. The fraction of sp³-hybridized carbons (Fsp3) is 0.862. The van der Waals surface area contributed by atoms with Crippen LogP contribution in [0.15, 0.2) is 48.6 Å². The summed E-state index contributed by atoms with van der Waals surface area (Å²) in [5, 5.41) is 13.9. The van der Waals surface area contributed by atoms with Crippen LogP contribution in [0.3, 0.4) is 0 Å². The van der Waals surface area contributed by atoms with E-state index in [9.17, 15) is 19.4 Å². The smallest absolute Gasteiger partial charge is 0.268 e. The lowest BCUT2D eigenvalue weighted by atomic mass is 10.0. The molecule has 0 aliphatic heterocycles. The standard InChI is InChI=1S/C65H125N2O6P/c1-6-8-10-12-14-16-18-20-22-24-26-28-30-31-32-33-34-35-36-37-39-41-43-45-47-49-51-53-55-57-59-65(69)66-63(62-73-74(70,71)72-61-60-67(3,4)5)64(68)58-56-54-52-50-48-46-44-42-40-38-29-27-25-23-21-19-17-15-13-11-9-7-2/h31-32,40,42,48,50,56,58,63-64,68H,6-30,33-39,41,43-47,49,51-55,57,59-62H2,1-5H3,(H-,66,69,70,71)/b32-31-,42-40+,50-48+,58-56+. The topological polar surface area (TPSA) is 108 Å². The second-order valence-electron chi connectivity index (χ2n) is 23.1. The number of nitrogens with zero attached hydrogens (tertiary/aromatic N) is 1. The third-order valence-electron chi connectivity index (χ3n) is 14.5. The van der Waals surface area contributed by atoms with Crippen molar-refractivity contribution in [1.82, 2.24) is 5.32 Å². The molecule has 0 aromatic carbocycles. The van der Waals surface area contributed by atoms with Crippen molar-refractivity contribution in [1.29, 1.82) is 0 Å². The van der Waals surface area contributed by atoms with Gasteiger partial charge in [-0.15, -0.1) is 0 Å². The number of unbranched alkanes of at least 4 members (excludes halogenated alkanes) is 40. The Hall–Kier alpha value is -1.54. The number of aliphatic hydroxyl groups is 1. The van der Waals surface area contributed by atoms with Gasteiger partial charge in [0.1, 0.15) is 13.2 Å². The summed E-state index contributed by atoms with van der Waals surface area (Å²) in [4.78, 5) is 25.6. The van der Waals surface area contributed by atoms with E-state index >= 15 is 0 Å². The van der Waals surface area contributed by atoms with Gasteiger partial charge >= 0.3 is 0 Å². The number of amides is 1. The molecule has 2 N–H and O–H groups in total. The number of rotatable bonds is 59. The molecular formula is C65H125N2O6P. The van der Waals surface area contributed by atoms with Gasteiger partial charge in [0, 0.05) is 6.42 Å². The highest BCUT2D eigenvalue weighted by Crippen LogP contribution is 2.38. The van der Waals surface area contributed by atoms with Crippen molar-refractivity contribution >= 4 is 13.7 Å². The van der Waals surface area contributed by atoms with Crippen molar-refractivity contribution in [2.75, 3.05) is 40.9 Å². The zero-order chi connectivity index (χ0) is 54.2. The van der Waals surface area contributed by atoms with Gasteiger partial charge in [0.25, 0.3) is 7.82 Å². The molecule has 74 heavy (non-hydrogen) atoms. The van der Waals surface area contributed by atoms with Gasteiger partial charge in [0.05, 0.1) is 39.9 Å². The lowest BCUT2D eigenvalue weighted by Gasteiger charge is -2.29. The lowest BCUT2D eigenvalue weighted by Crippen LogP contribution is -2.45. The molecule has 0 aliphatic rings. The Labute approximate surface area is 460 Å². The highest BCUT2D eigenvalue weighted by atomic mass is 31.2. The van der Waals surface area contributed by atoms with Crippen LogP contribution in [-0.2, 0) is 18.4 Å². The van der Waals surface area contributed by atoms with E-state index in [0.29, 0.717) is 17.4 Å². The summed E-state index contributed by atoms with van der Waals surface area (Å²) in [6, 6.07) is -0.911. The minimum Gasteiger partial charge on any atom is -0.756 e. The molecule has 0 saturated heterocycles. The molecule has 0 aromatic heterocycles. The molecule has 3 unspecified atom stereocenters. The SMILES string of the molecule is CCCCCCCCCCCCCC/C=C\CCCCCCCCCCCCCCCCC(=O)NC(COP(=O)([O-])OCC[N+](C)(C)C)C(O)/C=C/CC/C=C/CC/C=C/CCCCCCCCCCCCCC. The number of likely N-dealkylation sites (N-methyl/N-ethyl adjacent to an activating group) is 1. The predicted octanol–water partition coefficient (Wildman–Crippen LogP) is 19.2. The molecule has 0 radical (unpaired) electrons. The summed E-state index contributed by atoms with van der Waals surface area (Å²) in [5.41, 5.74) is 0. The van der Waals surface area contributed by atoms with Gasteiger partial charge in [-0.3, -0.25) is 9.36 Å². The zero-order valence-electron chi connectivity index (χ0n) is 49.8. The third-order valence-corrected chi connectivity index (χ3v) is 15.5. The van der Waals surface area contributed by atoms with Crippen LogP contribution in [0.2, 0.25) is 0 Å². The molecule has 436 valence electrons. The van der Waals surface area contributed by atoms with Crippen LogP contribution in [0.25, 0.3) is 0 Å². The number of phosphoric ester groups is 1. The maximum absolute atomic E-state index is 13.0. The molecular weight excluding hydrogens is 936 g/mol. The second kappa shape index (κ2) is 56.2. The molecule has 3 atom stereocenters. The first-order valence-corrected chi connectivity index (χ1v) is 33.5. The van der Waals surface area contributed by atoms with Crippen molar-refractivity contribution in [3.8, 4) is 0 Å². The summed E-state index contributed by atoms with van der Waals surface area (Å²) in [6.07, 6.45) is 75.0. The minimum absolute atomic E-state index is 0.00876. The van der Waals surface area contributed by atoms with Crippen molar-refractivity contribution < 1.29 is 32.9 Å². The quantitative estimate of drug-likeness (QED) is 0.0272. The lowest BCUT2D eigenvalue weighted by molar-refractivity contribution is -0.870. The Balaban J connectivity index is 4.15. The van der Waals surface area contributed by atoms with Gasteiger partial charge < -0.3 is 28.8 Å². The van der Waals surface area contributed by atoms with Crippen molar-refractivity contribution in [2.45, 2.75) is 321 Å². The van der Waals surface area contributed by atoms with Gasteiger partial charge in [-0.05, 0) is 70.6 Å². The number of aliphatic hydroxyl groups excluding tert-OH is 1. The van der Waals surface area contributed by atoms with Gasteiger partial charge in [0.15, 0.2) is 0 Å². The first-order chi connectivity index (χ1) is 36.0. The van der Waals surface area contributed by atoms with Crippen molar-refractivity contribution in [3.63, 3.8) is 0 Å². The zero-order valence-corrected chi connectivity index (χ0v) is 50.7. The molecule has 0 aromatic rings. The number of allylic oxidation sites excluding steroid dienone is 7. The molecule has 0 spiro atoms. The maximum atomic E-state index is 13.0. The molecule has 8 nitrogen and oxygen atoms in total. The summed E-state index contributed by atoms with van der Waals surface area (Å²) in [6.45, 7) is 4.66. The average Bonchev–Trinajstić information content (AvgIpc) is 3.36. The van der Waals surface area contributed by atoms with Gasteiger partial charge in [0.2, 0.25) is 5.91 Å². The predicted molar refractivity (Wildman–Crippen MR) is 321 cm³/mol. The van der Waals surface area contributed by atoms with E-state index in [4.69, 9.17) is 9.05 Å². The molecule has 0 heterocycles. The highest BCUT2D eigenvalue weighted by molar-refractivity contribution is 7.45. The Kier molecular flexibility index (Phi) is 55.0. The molecule has 1 amide bonds. The fourth-order valence-corrected chi connectivity index (χ4v) is 10.2. The van der Waals surface area contributed by atoms with E-state index in [1.165, 1.54) is 244 Å². The van der Waals surface area contributed by atoms with E-state index < -0.39 is 26.6 Å². The fourth-order valence-electron chi connectivity index (χ4n) is 9.48. The van der Waals surface area contributed by atoms with E-state index in [-0.39, 0.29) is 12.5 Å². The van der Waals surface area contributed by atoms with Gasteiger partial charge in [-0.25, -0.2) is 0 Å². The van der Waals surface area contributed by atoms with Gasteiger partial charge in [-0.1, -0.05) is 281 Å². The number of quaternary nitrogens is 1. The van der Waals surface area contributed by atoms with Crippen molar-refractivity contribution in [3.05, 3.63) is 48.6 Å². The summed E-state index contributed by atoms with van der Waals surface area (Å²) >= 11 is 0. The summed E-state index contributed by atoms with van der Waals surface area (Å²) < 4.78 is 23.4. The highest BCUT2D eigenvalue weighted by Gasteiger charge is 2.23. The largest absolute Gasteiger partial charge is 0.756 e. The summed E-state index contributed by atoms with van der Waals surface area (Å²) in [5.74, 6) is -0.208. The van der Waals surface area contributed by atoms with Crippen LogP contribution in [-0.4, -0.2) is 68.5 Å². The Bertz CT molecular complexity index is 1340. The number of hydrogen-bond donors (Lipinski definition) is 2. The Morgan fingerprint density at radius 3 is 1.09 bits per heavy atom. The molecule has 0 saturated carbocycles. The number of nitrogens with one attached hydrogen (secondary N) is 1. The van der Waals surface area contributed by atoms with Crippen LogP contribution in [0.1, 0.15) is 309 Å². The molecule has 0 bridgehead atoms. The average molecular weight is 1060 g/mol. The van der Waals surface area contributed by atoms with Crippen LogP contribution < -0.4 is 10.2 Å². The van der Waals surface area contributed by atoms with E-state index in [1.54, 1.807) is 6.08 Å². The Morgan fingerprint density at radius 2 is 0.757 bits per heavy atom. The van der Waals surface area contributed by atoms with E-state index in [0.717, 1.165) is 44.9 Å². The molecule has 0 aliphatic carbocycles. The maximum Gasteiger partial charge on any atom is 0.268 e. The number of hydrogen-bond acceptors (Lipinski definition) is 6. The van der Waals surface area contributed by atoms with Crippen LogP contribution >= 0.6 is 7.82 Å². The van der Waals surface area contributed by atoms with Gasteiger partial charge in [-0.2, -0.15) is 0 Å². The molecule has 9 heteroatoms. The van der Waals surface area contributed by atoms with Crippen LogP contribution in [0, 0.1) is 0 Å². The summed E-state index contributed by atoms with van der Waals surface area (Å²) in [7, 11) is 1.24. The number of carbonyl (C=O) groups excluding carboxylic acids is 1. The Morgan fingerprint density at radius 1 is 0.459 bits per heavy atom. The second-order valence-corrected chi connectivity index (χ2v) is 24.5. The number of carbonyl (C=O) groups is 1. The number of phosphoric acid groups is 1.